The molecule has 0 unspecified atom stereocenters. The number of nitrogens with zero attached hydrogens (tertiary/aromatic N) is 2. The second kappa shape index (κ2) is 8.38. The van der Waals surface area contributed by atoms with Gasteiger partial charge >= 0.3 is 0 Å². The van der Waals surface area contributed by atoms with Crippen LogP contribution in [0.1, 0.15) is 38.5 Å². The number of carbonyl (C=O) groups is 1. The van der Waals surface area contributed by atoms with Crippen molar-refractivity contribution in [2.75, 3.05) is 0 Å². The van der Waals surface area contributed by atoms with E-state index in [1.54, 1.807) is 10.0 Å². The molecular weight excluding hydrogens is 301 g/mol. The molecule has 0 aliphatic rings. The maximum absolute atomic E-state index is 13.1. The molecule has 1 amide bonds. The number of nitrogens with one attached hydrogen (secondary N) is 1. The molecule has 0 spiro atoms. The van der Waals surface area contributed by atoms with Crippen LogP contribution in [-0.4, -0.2) is 20.7 Å². The van der Waals surface area contributed by atoms with Gasteiger partial charge in [-0.15, -0.1) is 0 Å². The predicted molar refractivity (Wildman–Crippen MR) is 83.6 cm³/mol. The fourth-order valence-corrected chi connectivity index (χ4v) is 2.44. The highest BCUT2D eigenvalue weighted by Crippen LogP contribution is 2.10. The predicted octanol–water partition coefficient (Wildman–Crippen LogP) is 2.38. The van der Waals surface area contributed by atoms with Crippen LogP contribution in [0.15, 0.2) is 29.3 Å². The summed E-state index contributed by atoms with van der Waals surface area (Å²) in [6.45, 7) is 0.566. The third kappa shape index (κ3) is 4.85. The lowest BCUT2D eigenvalue weighted by Crippen LogP contribution is -2.20. The van der Waals surface area contributed by atoms with E-state index >= 15 is 0 Å². The third-order valence-corrected chi connectivity index (χ3v) is 3.71. The molecule has 1 aromatic heterocycles. The summed E-state index contributed by atoms with van der Waals surface area (Å²) in [6.07, 6.45) is 6.14. The number of amides is 1. The Balaban J connectivity index is 1.79. The van der Waals surface area contributed by atoms with E-state index in [0.717, 1.165) is 32.1 Å². The third-order valence-electron chi connectivity index (χ3n) is 3.71. The van der Waals surface area contributed by atoms with Gasteiger partial charge in [-0.25, -0.2) is 14.9 Å². The number of unbranched alkanes of at least 4 members (excludes halogenated alkanes) is 4. The van der Waals surface area contributed by atoms with Gasteiger partial charge in [0.05, 0.1) is 17.2 Å². The zero-order valence-corrected chi connectivity index (χ0v) is 12.8. The van der Waals surface area contributed by atoms with Crippen molar-refractivity contribution in [1.29, 1.82) is 0 Å². The summed E-state index contributed by atoms with van der Waals surface area (Å²) in [4.78, 5) is 27.2. The van der Waals surface area contributed by atoms with Crippen molar-refractivity contribution in [3.05, 3.63) is 40.7 Å². The standard InChI is InChI=1S/C16H20FN3O3/c17-12-7-8-13-14(10-12)18-11-20(16(13)22)9-5-3-1-2-4-6-15(21)19-23/h7-8,10-11,23H,1-6,9H2,(H,19,21). The summed E-state index contributed by atoms with van der Waals surface area (Å²) in [6, 6.07) is 3.98. The summed E-state index contributed by atoms with van der Waals surface area (Å²) in [5.41, 5.74) is 1.82. The highest BCUT2D eigenvalue weighted by Gasteiger charge is 2.05. The van der Waals surface area contributed by atoms with Crippen LogP contribution in [0.25, 0.3) is 10.9 Å². The molecule has 1 heterocycles. The van der Waals surface area contributed by atoms with Gasteiger partial charge < -0.3 is 0 Å². The first kappa shape index (κ1) is 17.1. The highest BCUT2D eigenvalue weighted by molar-refractivity contribution is 5.77. The lowest BCUT2D eigenvalue weighted by molar-refractivity contribution is -0.129. The van der Waals surface area contributed by atoms with Gasteiger partial charge in [0.2, 0.25) is 5.91 Å². The van der Waals surface area contributed by atoms with Crippen molar-refractivity contribution in [2.45, 2.75) is 45.1 Å². The minimum absolute atomic E-state index is 0.158. The van der Waals surface area contributed by atoms with Crippen LogP contribution < -0.4 is 11.0 Å². The van der Waals surface area contributed by atoms with E-state index in [0.29, 0.717) is 23.9 Å². The molecule has 0 bridgehead atoms. The molecule has 0 saturated heterocycles. The second-order valence-electron chi connectivity index (χ2n) is 5.46. The lowest BCUT2D eigenvalue weighted by Gasteiger charge is -2.06. The SMILES string of the molecule is O=C(CCCCCCCn1cnc2cc(F)ccc2c1=O)NO. The zero-order valence-electron chi connectivity index (χ0n) is 12.8. The Morgan fingerprint density at radius 1 is 1.22 bits per heavy atom. The van der Waals surface area contributed by atoms with Crippen LogP contribution in [0, 0.1) is 5.82 Å². The lowest BCUT2D eigenvalue weighted by atomic mass is 10.1. The van der Waals surface area contributed by atoms with Crippen molar-refractivity contribution >= 4 is 16.8 Å². The van der Waals surface area contributed by atoms with Crippen LogP contribution in [0.5, 0.6) is 0 Å². The van der Waals surface area contributed by atoms with E-state index in [4.69, 9.17) is 5.21 Å². The van der Waals surface area contributed by atoms with E-state index in [1.807, 2.05) is 0 Å². The quantitative estimate of drug-likeness (QED) is 0.444. The topological polar surface area (TPSA) is 84.2 Å². The van der Waals surface area contributed by atoms with Crippen molar-refractivity contribution in [3.63, 3.8) is 0 Å². The molecule has 2 rings (SSSR count). The number of hydrogen-bond acceptors (Lipinski definition) is 4. The van der Waals surface area contributed by atoms with Gasteiger partial charge in [0, 0.05) is 19.0 Å². The maximum Gasteiger partial charge on any atom is 0.261 e. The van der Waals surface area contributed by atoms with Gasteiger partial charge in [-0.3, -0.25) is 19.4 Å². The molecular formula is C16H20FN3O3. The molecule has 6 nitrogen and oxygen atoms in total. The van der Waals surface area contributed by atoms with E-state index < -0.39 is 5.82 Å². The smallest absolute Gasteiger partial charge is 0.261 e. The molecule has 0 aliphatic heterocycles. The number of benzene rings is 1. The zero-order chi connectivity index (χ0) is 16.7. The number of fused-ring (bicyclic) bond motifs is 1. The summed E-state index contributed by atoms with van der Waals surface area (Å²) in [5, 5.41) is 8.78. The van der Waals surface area contributed by atoms with Gasteiger partial charge in [0.1, 0.15) is 5.82 Å². The first-order valence-corrected chi connectivity index (χ1v) is 7.69. The van der Waals surface area contributed by atoms with Crippen LogP contribution in [0.4, 0.5) is 4.39 Å². The molecule has 0 saturated carbocycles. The first-order valence-electron chi connectivity index (χ1n) is 7.69. The molecule has 1 aromatic carbocycles. The van der Waals surface area contributed by atoms with Gasteiger partial charge in [-0.05, 0) is 25.0 Å². The average Bonchev–Trinajstić information content (AvgIpc) is 2.55. The molecule has 0 radical (unpaired) electrons. The summed E-state index contributed by atoms with van der Waals surface area (Å²) < 4.78 is 14.6. The van der Waals surface area contributed by atoms with Crippen LogP contribution in [0.3, 0.4) is 0 Å². The first-order chi connectivity index (χ1) is 11.1. The molecule has 124 valence electrons. The highest BCUT2D eigenvalue weighted by atomic mass is 19.1. The Bertz CT molecular complexity index is 730. The average molecular weight is 321 g/mol. The minimum Gasteiger partial charge on any atom is -0.299 e. The summed E-state index contributed by atoms with van der Waals surface area (Å²) in [7, 11) is 0. The Kier molecular flexibility index (Phi) is 6.22. The Hall–Kier alpha value is -2.28. The maximum atomic E-state index is 13.1. The van der Waals surface area contributed by atoms with E-state index in [9.17, 15) is 14.0 Å². The van der Waals surface area contributed by atoms with Gasteiger partial charge in [0.25, 0.3) is 5.56 Å². The molecule has 0 aliphatic carbocycles. The van der Waals surface area contributed by atoms with E-state index in [1.165, 1.54) is 24.5 Å². The Morgan fingerprint density at radius 3 is 2.74 bits per heavy atom. The van der Waals surface area contributed by atoms with E-state index in [2.05, 4.69) is 4.98 Å². The van der Waals surface area contributed by atoms with Crippen LogP contribution >= 0.6 is 0 Å². The Morgan fingerprint density at radius 2 is 1.96 bits per heavy atom. The number of rotatable bonds is 8. The normalized spacial score (nSPS) is 10.9. The fraction of sp³-hybridized carbons (Fsp3) is 0.438. The Labute approximate surface area is 132 Å². The summed E-state index contributed by atoms with van der Waals surface area (Å²) >= 11 is 0. The minimum atomic E-state index is -0.406. The van der Waals surface area contributed by atoms with Crippen molar-refractivity contribution in [3.8, 4) is 0 Å². The number of carbonyl (C=O) groups excluding carboxylic acids is 1. The van der Waals surface area contributed by atoms with Gasteiger partial charge in [0.15, 0.2) is 0 Å². The van der Waals surface area contributed by atoms with Crippen LogP contribution in [0.2, 0.25) is 0 Å². The number of aromatic nitrogens is 2. The monoisotopic (exact) mass is 321 g/mol. The van der Waals surface area contributed by atoms with E-state index in [-0.39, 0.29) is 11.5 Å². The van der Waals surface area contributed by atoms with Gasteiger partial charge in [-0.1, -0.05) is 19.3 Å². The second-order valence-corrected chi connectivity index (χ2v) is 5.46. The number of aryl methyl sites for hydroxylation is 1. The number of hydroxylamine groups is 1. The number of hydrogen-bond donors (Lipinski definition) is 2. The fourth-order valence-electron chi connectivity index (χ4n) is 2.44. The van der Waals surface area contributed by atoms with Crippen LogP contribution in [-0.2, 0) is 11.3 Å². The van der Waals surface area contributed by atoms with Gasteiger partial charge in [-0.2, -0.15) is 0 Å². The van der Waals surface area contributed by atoms with Crippen molar-refractivity contribution in [1.82, 2.24) is 15.0 Å². The molecule has 7 heteroatoms. The number of halogens is 1. The molecule has 0 atom stereocenters. The van der Waals surface area contributed by atoms with Crippen molar-refractivity contribution < 1.29 is 14.4 Å². The van der Waals surface area contributed by atoms with Crippen molar-refractivity contribution in [2.24, 2.45) is 0 Å². The molecule has 2 aromatic rings. The summed E-state index contributed by atoms with van der Waals surface area (Å²) in [5.74, 6) is -0.771. The molecule has 23 heavy (non-hydrogen) atoms. The molecule has 0 fully saturated rings. The largest absolute Gasteiger partial charge is 0.299 e. The molecule has 2 N–H and O–H groups in total.